The minimum atomic E-state index is 0.0259. The Balaban J connectivity index is 1.73. The Labute approximate surface area is 173 Å². The average molecular weight is 398 g/mol. The number of amides is 1. The summed E-state index contributed by atoms with van der Waals surface area (Å²) in [6.07, 6.45) is 2.60. The summed E-state index contributed by atoms with van der Waals surface area (Å²) in [5.41, 5.74) is 1.98. The van der Waals surface area contributed by atoms with Gasteiger partial charge in [0.2, 0.25) is 5.91 Å². The van der Waals surface area contributed by atoms with Gasteiger partial charge in [-0.15, -0.1) is 0 Å². The Morgan fingerprint density at radius 3 is 2.76 bits per heavy atom. The van der Waals surface area contributed by atoms with Crippen LogP contribution < -0.4 is 15.0 Å². The molecule has 1 aromatic heterocycles. The van der Waals surface area contributed by atoms with Crippen molar-refractivity contribution in [3.05, 3.63) is 47.4 Å². The molecule has 0 bridgehead atoms. The normalized spacial score (nSPS) is 16.3. The molecule has 29 heavy (non-hydrogen) atoms. The lowest BCUT2D eigenvalue weighted by Gasteiger charge is -2.24. The molecule has 2 aromatic rings. The Morgan fingerprint density at radius 1 is 1.24 bits per heavy atom. The predicted molar refractivity (Wildman–Crippen MR) is 114 cm³/mol. The van der Waals surface area contributed by atoms with E-state index in [2.05, 4.69) is 16.4 Å². The number of hydrogen-bond acceptors (Lipinski definition) is 6. The number of piperidine rings is 1. The van der Waals surface area contributed by atoms with E-state index in [-0.39, 0.29) is 5.91 Å². The number of ether oxygens (including phenoxy) is 1. The van der Waals surface area contributed by atoms with Gasteiger partial charge in [0.15, 0.2) is 0 Å². The first-order valence-electron chi connectivity index (χ1n) is 10.1. The van der Waals surface area contributed by atoms with Gasteiger partial charge in [0.25, 0.3) is 0 Å². The molecule has 1 aliphatic heterocycles. The molecule has 7 nitrogen and oxygen atoms in total. The zero-order valence-electron chi connectivity index (χ0n) is 17.8. The first-order valence-corrected chi connectivity index (χ1v) is 10.1. The smallest absolute Gasteiger partial charge is 0.227 e. The van der Waals surface area contributed by atoms with Crippen LogP contribution in [0.2, 0.25) is 0 Å². The molecule has 3 rings (SSSR count). The molecule has 7 heteroatoms. The maximum absolute atomic E-state index is 12.7. The summed E-state index contributed by atoms with van der Waals surface area (Å²) in [7, 11) is 7.39. The number of carbonyl (C=O) groups excluding carboxylic acids is 1. The summed E-state index contributed by atoms with van der Waals surface area (Å²) in [6, 6.07) is 9.67. The van der Waals surface area contributed by atoms with Gasteiger partial charge in [0.05, 0.1) is 25.8 Å². The highest BCUT2D eigenvalue weighted by atomic mass is 16.5. The summed E-state index contributed by atoms with van der Waals surface area (Å²) >= 11 is 0. The standard InChI is InChI=1S/C22H31N5O2/c1-26(2)21-13-19(17-8-6-10-23-14-17)24-20(25-21)15-27(3)22(28)12-16-7-5-9-18(11-16)29-4/h5,7,9,11,13,17,23H,6,8,10,12,14-15H2,1-4H3. The Kier molecular flexibility index (Phi) is 7.04. The molecule has 1 saturated heterocycles. The lowest BCUT2D eigenvalue weighted by molar-refractivity contribution is -0.129. The predicted octanol–water partition coefficient (Wildman–Crippen LogP) is 2.22. The van der Waals surface area contributed by atoms with Gasteiger partial charge in [-0.2, -0.15) is 0 Å². The number of carbonyl (C=O) groups is 1. The fraction of sp³-hybridized carbons (Fsp3) is 0.500. The van der Waals surface area contributed by atoms with Gasteiger partial charge in [-0.25, -0.2) is 9.97 Å². The van der Waals surface area contributed by atoms with Crippen LogP contribution in [0.5, 0.6) is 5.75 Å². The molecular formula is C22H31N5O2. The largest absolute Gasteiger partial charge is 0.497 e. The molecule has 1 amide bonds. The number of methoxy groups -OCH3 is 1. The van der Waals surface area contributed by atoms with E-state index in [1.165, 1.54) is 0 Å². The fourth-order valence-corrected chi connectivity index (χ4v) is 3.51. The molecule has 1 atom stereocenters. The Bertz CT molecular complexity index is 834. The van der Waals surface area contributed by atoms with Gasteiger partial charge in [-0.05, 0) is 37.1 Å². The highest BCUT2D eigenvalue weighted by Gasteiger charge is 2.20. The quantitative estimate of drug-likeness (QED) is 0.773. The first kappa shape index (κ1) is 21.0. The fourth-order valence-electron chi connectivity index (χ4n) is 3.51. The maximum atomic E-state index is 12.7. The summed E-state index contributed by atoms with van der Waals surface area (Å²) in [5.74, 6) is 2.73. The lowest BCUT2D eigenvalue weighted by Crippen LogP contribution is -2.31. The highest BCUT2D eigenvalue weighted by Crippen LogP contribution is 2.24. The maximum Gasteiger partial charge on any atom is 0.227 e. The van der Waals surface area contributed by atoms with E-state index >= 15 is 0 Å². The molecule has 1 fully saturated rings. The molecule has 0 aliphatic carbocycles. The third-order valence-corrected chi connectivity index (χ3v) is 5.25. The van der Waals surface area contributed by atoms with Gasteiger partial charge in [-0.3, -0.25) is 4.79 Å². The van der Waals surface area contributed by atoms with Gasteiger partial charge < -0.3 is 19.9 Å². The van der Waals surface area contributed by atoms with Gasteiger partial charge in [-0.1, -0.05) is 12.1 Å². The molecule has 1 aliphatic rings. The van der Waals surface area contributed by atoms with Crippen LogP contribution in [0.15, 0.2) is 30.3 Å². The van der Waals surface area contributed by atoms with Gasteiger partial charge in [0.1, 0.15) is 17.4 Å². The van der Waals surface area contributed by atoms with Crippen LogP contribution in [0.3, 0.4) is 0 Å². The third kappa shape index (κ3) is 5.67. The second-order valence-corrected chi connectivity index (χ2v) is 7.78. The number of benzene rings is 1. The lowest BCUT2D eigenvalue weighted by atomic mass is 9.96. The van der Waals surface area contributed by atoms with E-state index in [1.54, 1.807) is 19.1 Å². The van der Waals surface area contributed by atoms with E-state index in [9.17, 15) is 4.79 Å². The number of rotatable bonds is 7. The monoisotopic (exact) mass is 397 g/mol. The average Bonchev–Trinajstić information content (AvgIpc) is 2.74. The number of nitrogens with one attached hydrogen (secondary N) is 1. The van der Waals surface area contributed by atoms with E-state index in [0.29, 0.717) is 24.7 Å². The van der Waals surface area contributed by atoms with E-state index in [1.807, 2.05) is 43.3 Å². The number of anilines is 1. The molecule has 0 spiro atoms. The van der Waals surface area contributed by atoms with Crippen LogP contribution in [0.25, 0.3) is 0 Å². The van der Waals surface area contributed by atoms with Crippen LogP contribution in [-0.2, 0) is 17.8 Å². The van der Waals surface area contributed by atoms with Crippen molar-refractivity contribution in [3.63, 3.8) is 0 Å². The topological polar surface area (TPSA) is 70.6 Å². The molecule has 1 aromatic carbocycles. The van der Waals surface area contributed by atoms with Crippen molar-refractivity contribution in [1.29, 1.82) is 0 Å². The van der Waals surface area contributed by atoms with Crippen molar-refractivity contribution < 1.29 is 9.53 Å². The van der Waals surface area contributed by atoms with E-state index in [4.69, 9.17) is 9.72 Å². The van der Waals surface area contributed by atoms with Crippen LogP contribution in [0, 0.1) is 0 Å². The third-order valence-electron chi connectivity index (χ3n) is 5.25. The van der Waals surface area contributed by atoms with Crippen LogP contribution in [0.4, 0.5) is 5.82 Å². The number of hydrogen-bond donors (Lipinski definition) is 1. The first-order chi connectivity index (χ1) is 14.0. The van der Waals surface area contributed by atoms with Crippen molar-refractivity contribution in [1.82, 2.24) is 20.2 Å². The number of nitrogens with zero attached hydrogens (tertiary/aromatic N) is 4. The van der Waals surface area contributed by atoms with Crippen molar-refractivity contribution in [2.24, 2.45) is 0 Å². The molecule has 156 valence electrons. The molecule has 2 heterocycles. The van der Waals surface area contributed by atoms with Crippen LogP contribution in [-0.4, -0.2) is 62.1 Å². The number of aromatic nitrogens is 2. The highest BCUT2D eigenvalue weighted by molar-refractivity contribution is 5.78. The molecule has 1 unspecified atom stereocenters. The zero-order valence-corrected chi connectivity index (χ0v) is 17.8. The molecular weight excluding hydrogens is 366 g/mol. The summed E-state index contributed by atoms with van der Waals surface area (Å²) in [5, 5.41) is 3.45. The summed E-state index contributed by atoms with van der Waals surface area (Å²) in [4.78, 5) is 25.9. The summed E-state index contributed by atoms with van der Waals surface area (Å²) in [6.45, 7) is 2.39. The minimum absolute atomic E-state index is 0.0259. The summed E-state index contributed by atoms with van der Waals surface area (Å²) < 4.78 is 5.24. The van der Waals surface area contributed by atoms with Crippen LogP contribution in [0.1, 0.15) is 35.8 Å². The van der Waals surface area contributed by atoms with Crippen molar-refractivity contribution in [2.45, 2.75) is 31.7 Å². The minimum Gasteiger partial charge on any atom is -0.497 e. The van der Waals surface area contributed by atoms with Crippen LogP contribution >= 0.6 is 0 Å². The van der Waals surface area contributed by atoms with Crippen molar-refractivity contribution in [2.75, 3.05) is 46.2 Å². The van der Waals surface area contributed by atoms with Gasteiger partial charge in [0, 0.05) is 39.7 Å². The van der Waals surface area contributed by atoms with E-state index < -0.39 is 0 Å². The SMILES string of the molecule is COc1cccc(CC(=O)N(C)Cc2nc(C3CCCNC3)cc(N(C)C)n2)c1. The van der Waals surface area contributed by atoms with E-state index in [0.717, 1.165) is 48.8 Å². The Hall–Kier alpha value is -2.67. The molecule has 0 saturated carbocycles. The van der Waals surface area contributed by atoms with Crippen molar-refractivity contribution >= 4 is 11.7 Å². The van der Waals surface area contributed by atoms with Gasteiger partial charge >= 0.3 is 0 Å². The zero-order chi connectivity index (χ0) is 20.8. The van der Waals surface area contributed by atoms with Crippen molar-refractivity contribution in [3.8, 4) is 5.75 Å². The number of likely N-dealkylation sites (N-methyl/N-ethyl adjacent to an activating group) is 1. The Morgan fingerprint density at radius 2 is 2.07 bits per heavy atom. The molecule has 0 radical (unpaired) electrons. The molecule has 1 N–H and O–H groups in total. The second-order valence-electron chi connectivity index (χ2n) is 7.78. The second kappa shape index (κ2) is 9.69.